The highest BCUT2D eigenvalue weighted by Crippen LogP contribution is 2.18. The van der Waals surface area contributed by atoms with E-state index in [9.17, 15) is 9.59 Å². The molecule has 1 aliphatic heterocycles. The van der Waals surface area contributed by atoms with Crippen LogP contribution in [0.15, 0.2) is 27.2 Å². The van der Waals surface area contributed by atoms with Gasteiger partial charge in [-0.1, -0.05) is 30.7 Å². The van der Waals surface area contributed by atoms with Crippen LogP contribution in [0.3, 0.4) is 0 Å². The van der Waals surface area contributed by atoms with Gasteiger partial charge in [-0.05, 0) is 24.3 Å². The summed E-state index contributed by atoms with van der Waals surface area (Å²) in [4.78, 5) is 26.6. The van der Waals surface area contributed by atoms with E-state index in [0.717, 1.165) is 25.9 Å². The number of nitrogens with one attached hydrogen (secondary N) is 1. The third kappa shape index (κ3) is 5.30. The predicted octanol–water partition coefficient (Wildman–Crippen LogP) is 2.56. The van der Waals surface area contributed by atoms with Gasteiger partial charge in [0, 0.05) is 13.1 Å². The van der Waals surface area contributed by atoms with Gasteiger partial charge in [0.15, 0.2) is 0 Å². The molecule has 2 amide bonds. The molecule has 1 saturated heterocycles. The number of nitrogens with zero attached hydrogens (tertiary/aromatic N) is 3. The Hall–Kier alpha value is -1.87. The van der Waals surface area contributed by atoms with E-state index in [1.165, 1.54) is 35.9 Å². The molecular weight excluding hydrogens is 360 g/mol. The average molecular weight is 380 g/mol. The largest absolute Gasteiger partial charge is 0.414 e. The minimum atomic E-state index is -0.168. The number of thioether (sulfide) groups is 1. The van der Waals surface area contributed by atoms with Crippen LogP contribution in [0.1, 0.15) is 41.2 Å². The van der Waals surface area contributed by atoms with Gasteiger partial charge in [0.1, 0.15) is 0 Å². The molecule has 1 N–H and O–H groups in total. The normalized spacial score (nSPS) is 15.0. The highest BCUT2D eigenvalue weighted by atomic mass is 32.2. The Morgan fingerprint density at radius 2 is 2.04 bits per heavy atom. The molecule has 2 aromatic rings. The second kappa shape index (κ2) is 9.00. The number of hydrogen-bond acceptors (Lipinski definition) is 7. The van der Waals surface area contributed by atoms with Crippen LogP contribution in [0.2, 0.25) is 0 Å². The highest BCUT2D eigenvalue weighted by molar-refractivity contribution is 7.99. The van der Waals surface area contributed by atoms with Crippen molar-refractivity contribution < 1.29 is 14.0 Å². The van der Waals surface area contributed by atoms with Gasteiger partial charge in [0.2, 0.25) is 11.8 Å². The van der Waals surface area contributed by atoms with Crippen molar-refractivity contribution in [2.45, 2.75) is 37.5 Å². The van der Waals surface area contributed by atoms with Crippen LogP contribution in [-0.2, 0) is 11.3 Å². The first-order valence-corrected chi connectivity index (χ1v) is 10.1. The number of aromatic nitrogens is 2. The number of rotatable bonds is 6. The lowest BCUT2D eigenvalue weighted by molar-refractivity contribution is -0.128. The third-order valence-corrected chi connectivity index (χ3v) is 5.54. The van der Waals surface area contributed by atoms with E-state index in [4.69, 9.17) is 4.42 Å². The van der Waals surface area contributed by atoms with Crippen molar-refractivity contribution in [2.75, 3.05) is 18.8 Å². The summed E-state index contributed by atoms with van der Waals surface area (Å²) in [5, 5.41) is 12.7. The van der Waals surface area contributed by atoms with Crippen LogP contribution < -0.4 is 5.32 Å². The lowest BCUT2D eigenvalue weighted by atomic mass is 10.2. The van der Waals surface area contributed by atoms with Gasteiger partial charge < -0.3 is 14.6 Å². The molecule has 7 nitrogen and oxygen atoms in total. The molecule has 0 radical (unpaired) electrons. The van der Waals surface area contributed by atoms with Gasteiger partial charge in [-0.25, -0.2) is 0 Å². The zero-order valence-electron chi connectivity index (χ0n) is 13.8. The van der Waals surface area contributed by atoms with E-state index in [0.29, 0.717) is 21.7 Å². The maximum Gasteiger partial charge on any atom is 0.277 e. The molecule has 25 heavy (non-hydrogen) atoms. The summed E-state index contributed by atoms with van der Waals surface area (Å²) >= 11 is 2.61. The predicted molar refractivity (Wildman–Crippen MR) is 95.6 cm³/mol. The van der Waals surface area contributed by atoms with Gasteiger partial charge >= 0.3 is 0 Å². The summed E-state index contributed by atoms with van der Waals surface area (Å²) in [6.07, 6.45) is 4.54. The molecule has 3 heterocycles. The molecule has 9 heteroatoms. The topological polar surface area (TPSA) is 88.3 Å². The van der Waals surface area contributed by atoms with Crippen LogP contribution >= 0.6 is 23.1 Å². The Kier molecular flexibility index (Phi) is 6.46. The zero-order valence-corrected chi connectivity index (χ0v) is 15.4. The van der Waals surface area contributed by atoms with E-state index >= 15 is 0 Å². The molecule has 0 atom stereocenters. The Morgan fingerprint density at radius 1 is 1.24 bits per heavy atom. The number of thiophene rings is 1. The SMILES string of the molecule is O=C(NCc1nnc(SCC(=O)N2CCCCCC2)o1)c1cccs1. The van der Waals surface area contributed by atoms with Crippen molar-refractivity contribution in [1.82, 2.24) is 20.4 Å². The number of likely N-dealkylation sites (tertiary alicyclic amines) is 1. The van der Waals surface area contributed by atoms with Gasteiger partial charge in [0.05, 0.1) is 17.2 Å². The molecule has 134 valence electrons. The number of amides is 2. The molecular formula is C16H20N4O3S2. The smallest absolute Gasteiger partial charge is 0.277 e. The van der Waals surface area contributed by atoms with Crippen molar-refractivity contribution >= 4 is 34.9 Å². The zero-order chi connectivity index (χ0) is 17.5. The van der Waals surface area contributed by atoms with E-state index in [1.54, 1.807) is 6.07 Å². The maximum atomic E-state index is 12.2. The molecule has 0 spiro atoms. The van der Waals surface area contributed by atoms with Crippen LogP contribution in [-0.4, -0.2) is 45.8 Å². The van der Waals surface area contributed by atoms with Gasteiger partial charge in [0.25, 0.3) is 11.1 Å². The number of carbonyl (C=O) groups is 2. The first kappa shape index (κ1) is 17.9. The maximum absolute atomic E-state index is 12.2. The summed E-state index contributed by atoms with van der Waals surface area (Å²) in [6.45, 7) is 1.84. The molecule has 1 aliphatic rings. The first-order valence-electron chi connectivity index (χ1n) is 8.27. The van der Waals surface area contributed by atoms with Crippen molar-refractivity contribution in [3.05, 3.63) is 28.3 Å². The Balaban J connectivity index is 1.43. The molecule has 2 aromatic heterocycles. The van der Waals surface area contributed by atoms with E-state index in [2.05, 4.69) is 15.5 Å². The van der Waals surface area contributed by atoms with Crippen LogP contribution in [0.25, 0.3) is 0 Å². The molecule has 0 aliphatic carbocycles. The van der Waals surface area contributed by atoms with Gasteiger partial charge in [-0.3, -0.25) is 9.59 Å². The summed E-state index contributed by atoms with van der Waals surface area (Å²) in [6, 6.07) is 3.58. The Labute approximate surface area is 154 Å². The van der Waals surface area contributed by atoms with Crippen LogP contribution in [0.5, 0.6) is 0 Å². The fourth-order valence-corrected chi connectivity index (χ4v) is 3.88. The summed E-state index contributed by atoms with van der Waals surface area (Å²) in [5.41, 5.74) is 0. The van der Waals surface area contributed by atoms with Crippen molar-refractivity contribution in [1.29, 1.82) is 0 Å². The molecule has 0 bridgehead atoms. The lowest BCUT2D eigenvalue weighted by Gasteiger charge is -2.19. The summed E-state index contributed by atoms with van der Waals surface area (Å²) in [5.74, 6) is 0.564. The molecule has 0 unspecified atom stereocenters. The van der Waals surface area contributed by atoms with E-state index in [1.807, 2.05) is 16.3 Å². The molecule has 0 aromatic carbocycles. The summed E-state index contributed by atoms with van der Waals surface area (Å²) < 4.78 is 5.47. The van der Waals surface area contributed by atoms with E-state index in [-0.39, 0.29) is 18.4 Å². The summed E-state index contributed by atoms with van der Waals surface area (Å²) in [7, 11) is 0. The highest BCUT2D eigenvalue weighted by Gasteiger charge is 2.17. The monoisotopic (exact) mass is 380 g/mol. The van der Waals surface area contributed by atoms with Crippen molar-refractivity contribution in [3.8, 4) is 0 Å². The second-order valence-electron chi connectivity index (χ2n) is 5.71. The number of carbonyl (C=O) groups excluding carboxylic acids is 2. The molecule has 0 saturated carbocycles. The molecule has 3 rings (SSSR count). The minimum Gasteiger partial charge on any atom is -0.414 e. The van der Waals surface area contributed by atoms with Crippen molar-refractivity contribution in [3.63, 3.8) is 0 Å². The lowest BCUT2D eigenvalue weighted by Crippen LogP contribution is -2.33. The second-order valence-corrected chi connectivity index (χ2v) is 7.58. The third-order valence-electron chi connectivity index (χ3n) is 3.87. The van der Waals surface area contributed by atoms with Crippen molar-refractivity contribution in [2.24, 2.45) is 0 Å². The van der Waals surface area contributed by atoms with Crippen LogP contribution in [0.4, 0.5) is 0 Å². The number of hydrogen-bond donors (Lipinski definition) is 1. The van der Waals surface area contributed by atoms with Gasteiger partial charge in [-0.15, -0.1) is 21.5 Å². The van der Waals surface area contributed by atoms with E-state index < -0.39 is 0 Å². The average Bonchev–Trinajstić information content (AvgIpc) is 3.24. The Bertz CT molecular complexity index is 694. The first-order chi connectivity index (χ1) is 12.2. The Morgan fingerprint density at radius 3 is 2.76 bits per heavy atom. The fraction of sp³-hybridized carbons (Fsp3) is 0.500. The quantitative estimate of drug-likeness (QED) is 0.775. The molecule has 1 fully saturated rings. The van der Waals surface area contributed by atoms with Gasteiger partial charge in [-0.2, -0.15) is 0 Å². The fourth-order valence-electron chi connectivity index (χ4n) is 2.55. The van der Waals surface area contributed by atoms with Crippen LogP contribution in [0, 0.1) is 0 Å². The standard InChI is InChI=1S/C16H20N4O3S2/c21-14(20-7-3-1-2-4-8-20)11-25-16-19-18-13(23-16)10-17-15(22)12-6-5-9-24-12/h5-6,9H,1-4,7-8,10-11H2,(H,17,22). The minimum absolute atomic E-state index is 0.109.